The number of anilines is 1. The van der Waals surface area contributed by atoms with Crippen LogP contribution in [0.1, 0.15) is 30.2 Å². The minimum absolute atomic E-state index is 0.0491. The molecule has 1 aliphatic heterocycles. The summed E-state index contributed by atoms with van der Waals surface area (Å²) in [6.45, 7) is 3.28. The zero-order chi connectivity index (χ0) is 19.5. The van der Waals surface area contributed by atoms with Crippen molar-refractivity contribution in [1.82, 2.24) is 15.0 Å². The van der Waals surface area contributed by atoms with Gasteiger partial charge in [0.05, 0.1) is 5.92 Å². The Balaban J connectivity index is 1.44. The van der Waals surface area contributed by atoms with Crippen LogP contribution in [-0.4, -0.2) is 34.2 Å². The Hall–Kier alpha value is -2.67. The van der Waals surface area contributed by atoms with E-state index < -0.39 is 0 Å². The van der Waals surface area contributed by atoms with Crippen molar-refractivity contribution in [2.45, 2.75) is 25.7 Å². The number of halogens is 1. The molecule has 28 heavy (non-hydrogen) atoms. The number of amides is 2. The van der Waals surface area contributed by atoms with Gasteiger partial charge in [-0.2, -0.15) is 4.98 Å². The summed E-state index contributed by atoms with van der Waals surface area (Å²) < 4.78 is 6.53. The highest BCUT2D eigenvalue weighted by Crippen LogP contribution is 2.28. The number of hydrogen-bond acceptors (Lipinski definition) is 4. The predicted octanol–water partition coefficient (Wildman–Crippen LogP) is 5.22. The SMILES string of the molecule is Cc1ccccc1NC(=O)N1CCCC(c2nc(-c3ccc(Br)cc3)no2)C1. The van der Waals surface area contributed by atoms with Crippen LogP contribution in [0.5, 0.6) is 0 Å². The molecule has 0 bridgehead atoms. The molecule has 2 aromatic carbocycles. The average molecular weight is 441 g/mol. The monoisotopic (exact) mass is 440 g/mol. The molecule has 4 rings (SSSR count). The average Bonchev–Trinajstić information content (AvgIpc) is 3.21. The molecular weight excluding hydrogens is 420 g/mol. The maximum atomic E-state index is 12.7. The first kappa shape index (κ1) is 18.7. The number of aryl methyl sites for hydroxylation is 1. The first-order chi connectivity index (χ1) is 13.6. The summed E-state index contributed by atoms with van der Waals surface area (Å²) in [6.07, 6.45) is 1.83. The third-order valence-electron chi connectivity index (χ3n) is 4.99. The van der Waals surface area contributed by atoms with Gasteiger partial charge in [0.2, 0.25) is 11.7 Å². The van der Waals surface area contributed by atoms with Gasteiger partial charge in [-0.15, -0.1) is 0 Å². The fourth-order valence-corrected chi connectivity index (χ4v) is 3.65. The molecule has 1 saturated heterocycles. The summed E-state index contributed by atoms with van der Waals surface area (Å²) in [4.78, 5) is 19.1. The molecule has 1 aliphatic rings. The molecule has 2 heterocycles. The lowest BCUT2D eigenvalue weighted by Crippen LogP contribution is -2.41. The van der Waals surface area contributed by atoms with Crippen molar-refractivity contribution < 1.29 is 9.32 Å². The van der Waals surface area contributed by atoms with E-state index in [1.807, 2.05) is 60.4 Å². The van der Waals surface area contributed by atoms with E-state index in [1.165, 1.54) is 0 Å². The third-order valence-corrected chi connectivity index (χ3v) is 5.52. The summed E-state index contributed by atoms with van der Waals surface area (Å²) >= 11 is 3.43. The van der Waals surface area contributed by atoms with Gasteiger partial charge >= 0.3 is 6.03 Å². The number of carbonyl (C=O) groups is 1. The molecule has 1 N–H and O–H groups in total. The molecule has 3 aromatic rings. The van der Waals surface area contributed by atoms with Gasteiger partial charge in [0, 0.05) is 28.8 Å². The van der Waals surface area contributed by atoms with Gasteiger partial charge < -0.3 is 14.7 Å². The van der Waals surface area contributed by atoms with Crippen LogP contribution in [0.4, 0.5) is 10.5 Å². The predicted molar refractivity (Wildman–Crippen MR) is 111 cm³/mol. The zero-order valence-electron chi connectivity index (χ0n) is 15.6. The van der Waals surface area contributed by atoms with Crippen LogP contribution < -0.4 is 5.32 Å². The smallest absolute Gasteiger partial charge is 0.321 e. The number of rotatable bonds is 3. The Labute approximate surface area is 172 Å². The Morgan fingerprint density at radius 2 is 2.00 bits per heavy atom. The van der Waals surface area contributed by atoms with Crippen LogP contribution in [0.3, 0.4) is 0 Å². The molecule has 6 nitrogen and oxygen atoms in total. The van der Waals surface area contributed by atoms with Gasteiger partial charge in [0.1, 0.15) is 0 Å². The number of piperidine rings is 1. The maximum absolute atomic E-state index is 12.7. The van der Waals surface area contributed by atoms with E-state index in [4.69, 9.17) is 4.52 Å². The lowest BCUT2D eigenvalue weighted by atomic mass is 9.98. The molecular formula is C21H21BrN4O2. The second-order valence-corrected chi connectivity index (χ2v) is 7.91. The van der Waals surface area contributed by atoms with E-state index >= 15 is 0 Å². The van der Waals surface area contributed by atoms with E-state index in [0.29, 0.717) is 18.3 Å². The topological polar surface area (TPSA) is 71.3 Å². The molecule has 1 aromatic heterocycles. The molecule has 1 unspecified atom stereocenters. The summed E-state index contributed by atoms with van der Waals surface area (Å²) in [5, 5.41) is 7.12. The Morgan fingerprint density at radius 3 is 2.79 bits per heavy atom. The molecule has 0 aliphatic carbocycles. The largest absolute Gasteiger partial charge is 0.339 e. The van der Waals surface area contributed by atoms with Crippen molar-refractivity contribution >= 4 is 27.6 Å². The number of nitrogens with one attached hydrogen (secondary N) is 1. The Morgan fingerprint density at radius 1 is 1.21 bits per heavy atom. The van der Waals surface area contributed by atoms with Crippen molar-refractivity contribution in [3.63, 3.8) is 0 Å². The highest BCUT2D eigenvalue weighted by atomic mass is 79.9. The van der Waals surface area contributed by atoms with Crippen LogP contribution in [0.25, 0.3) is 11.4 Å². The number of hydrogen-bond donors (Lipinski definition) is 1. The minimum Gasteiger partial charge on any atom is -0.339 e. The van der Waals surface area contributed by atoms with E-state index in [-0.39, 0.29) is 11.9 Å². The van der Waals surface area contributed by atoms with Crippen LogP contribution in [0, 0.1) is 6.92 Å². The molecule has 7 heteroatoms. The van der Waals surface area contributed by atoms with Crippen molar-refractivity contribution in [3.05, 3.63) is 64.5 Å². The summed E-state index contributed by atoms with van der Waals surface area (Å²) in [7, 11) is 0. The van der Waals surface area contributed by atoms with Gasteiger partial charge in [-0.25, -0.2) is 4.79 Å². The molecule has 2 amide bonds. The van der Waals surface area contributed by atoms with Crippen LogP contribution in [0.15, 0.2) is 57.5 Å². The number of urea groups is 1. The fourth-order valence-electron chi connectivity index (χ4n) is 3.39. The van der Waals surface area contributed by atoms with Crippen LogP contribution >= 0.6 is 15.9 Å². The van der Waals surface area contributed by atoms with Gasteiger partial charge in [0.25, 0.3) is 0 Å². The van der Waals surface area contributed by atoms with E-state index in [2.05, 4.69) is 31.4 Å². The zero-order valence-corrected chi connectivity index (χ0v) is 17.1. The lowest BCUT2D eigenvalue weighted by Gasteiger charge is -2.31. The quantitative estimate of drug-likeness (QED) is 0.605. The van der Waals surface area contributed by atoms with Gasteiger partial charge in [-0.3, -0.25) is 0 Å². The van der Waals surface area contributed by atoms with Crippen molar-refractivity contribution in [2.75, 3.05) is 18.4 Å². The number of likely N-dealkylation sites (tertiary alicyclic amines) is 1. The van der Waals surface area contributed by atoms with Crippen LogP contribution in [-0.2, 0) is 0 Å². The number of para-hydroxylation sites is 1. The fraction of sp³-hybridized carbons (Fsp3) is 0.286. The molecule has 1 fully saturated rings. The summed E-state index contributed by atoms with van der Waals surface area (Å²) in [6, 6.07) is 15.5. The first-order valence-corrected chi connectivity index (χ1v) is 10.1. The summed E-state index contributed by atoms with van der Waals surface area (Å²) in [5.74, 6) is 1.21. The highest BCUT2D eigenvalue weighted by Gasteiger charge is 2.29. The molecule has 0 saturated carbocycles. The molecule has 144 valence electrons. The number of benzene rings is 2. The second-order valence-electron chi connectivity index (χ2n) is 6.99. The lowest BCUT2D eigenvalue weighted by molar-refractivity contribution is 0.184. The van der Waals surface area contributed by atoms with Crippen molar-refractivity contribution in [2.24, 2.45) is 0 Å². The Kier molecular flexibility index (Phi) is 5.43. The van der Waals surface area contributed by atoms with E-state index in [0.717, 1.165) is 40.7 Å². The maximum Gasteiger partial charge on any atom is 0.321 e. The number of nitrogens with zero attached hydrogens (tertiary/aromatic N) is 3. The standard InChI is InChI=1S/C21H21BrN4O2/c1-14-5-2-3-7-18(14)23-21(27)26-12-4-6-16(13-26)20-24-19(25-28-20)15-8-10-17(22)11-9-15/h2-3,5,7-11,16H,4,6,12-13H2,1H3,(H,23,27). The Bertz CT molecular complexity index is 971. The third kappa shape index (κ3) is 4.09. The second kappa shape index (κ2) is 8.14. The molecule has 0 spiro atoms. The minimum atomic E-state index is -0.0911. The van der Waals surface area contributed by atoms with E-state index in [1.54, 1.807) is 0 Å². The van der Waals surface area contributed by atoms with Crippen molar-refractivity contribution in [3.8, 4) is 11.4 Å². The normalized spacial score (nSPS) is 16.8. The first-order valence-electron chi connectivity index (χ1n) is 9.31. The summed E-state index contributed by atoms with van der Waals surface area (Å²) in [5.41, 5.74) is 2.79. The van der Waals surface area contributed by atoms with Gasteiger partial charge in [0.15, 0.2) is 0 Å². The molecule has 1 atom stereocenters. The highest BCUT2D eigenvalue weighted by molar-refractivity contribution is 9.10. The van der Waals surface area contributed by atoms with Gasteiger partial charge in [-0.1, -0.05) is 39.3 Å². The number of aromatic nitrogens is 2. The number of carbonyl (C=O) groups excluding carboxylic acids is 1. The van der Waals surface area contributed by atoms with Crippen LogP contribution in [0.2, 0.25) is 0 Å². The van der Waals surface area contributed by atoms with Gasteiger partial charge in [-0.05, 0) is 55.7 Å². The molecule has 0 radical (unpaired) electrons. The van der Waals surface area contributed by atoms with E-state index in [9.17, 15) is 4.79 Å². The van der Waals surface area contributed by atoms with Crippen molar-refractivity contribution in [1.29, 1.82) is 0 Å².